The van der Waals surface area contributed by atoms with E-state index in [0.717, 1.165) is 17.1 Å². The van der Waals surface area contributed by atoms with Crippen molar-refractivity contribution in [3.05, 3.63) is 29.5 Å². The first kappa shape index (κ1) is 20.7. The average Bonchev–Trinajstić information content (AvgIpc) is 3.17. The predicted octanol–water partition coefficient (Wildman–Crippen LogP) is 3.68. The molecular formula is C21H28F2N6O. The number of hydrogen-bond donors (Lipinski definition) is 1. The summed E-state index contributed by atoms with van der Waals surface area (Å²) < 4.78 is 28.6. The number of amides is 1. The predicted molar refractivity (Wildman–Crippen MR) is 110 cm³/mol. The average molecular weight is 418 g/mol. The summed E-state index contributed by atoms with van der Waals surface area (Å²) in [4.78, 5) is 23.5. The third-order valence-electron chi connectivity index (χ3n) is 6.21. The van der Waals surface area contributed by atoms with Gasteiger partial charge in [0.25, 0.3) is 0 Å². The van der Waals surface area contributed by atoms with E-state index in [-0.39, 0.29) is 30.8 Å². The summed E-state index contributed by atoms with van der Waals surface area (Å²) >= 11 is 0. The van der Waals surface area contributed by atoms with E-state index in [1.807, 2.05) is 36.7 Å². The fourth-order valence-electron chi connectivity index (χ4n) is 4.37. The largest absolute Gasteiger partial charge is 0.346 e. The molecule has 1 aliphatic heterocycles. The Morgan fingerprint density at radius 2 is 1.97 bits per heavy atom. The highest BCUT2D eigenvalue weighted by atomic mass is 19.3. The lowest BCUT2D eigenvalue weighted by Crippen LogP contribution is -2.46. The van der Waals surface area contributed by atoms with Gasteiger partial charge in [-0.15, -0.1) is 0 Å². The van der Waals surface area contributed by atoms with Crippen molar-refractivity contribution < 1.29 is 13.6 Å². The van der Waals surface area contributed by atoms with E-state index >= 15 is 0 Å². The number of carbonyl (C=O) groups is 1. The molecule has 0 aromatic carbocycles. The number of carbonyl (C=O) groups excluding carboxylic acids is 1. The second-order valence-electron chi connectivity index (χ2n) is 8.36. The molecule has 30 heavy (non-hydrogen) atoms. The van der Waals surface area contributed by atoms with Gasteiger partial charge in [-0.1, -0.05) is 6.92 Å². The lowest BCUT2D eigenvalue weighted by Gasteiger charge is -2.34. The number of hydrogen-bond acceptors (Lipinski definition) is 5. The van der Waals surface area contributed by atoms with E-state index in [2.05, 4.69) is 15.4 Å². The van der Waals surface area contributed by atoms with Crippen LogP contribution >= 0.6 is 0 Å². The van der Waals surface area contributed by atoms with E-state index in [0.29, 0.717) is 43.6 Å². The highest BCUT2D eigenvalue weighted by molar-refractivity contribution is 6.03. The van der Waals surface area contributed by atoms with Gasteiger partial charge in [0.05, 0.1) is 17.9 Å². The van der Waals surface area contributed by atoms with Crippen LogP contribution in [0.4, 0.5) is 20.3 Å². The van der Waals surface area contributed by atoms with Crippen LogP contribution in [0.2, 0.25) is 0 Å². The van der Waals surface area contributed by atoms with Crippen LogP contribution in [0.3, 0.4) is 0 Å². The monoisotopic (exact) mass is 418 g/mol. The normalized spacial score (nSPS) is 21.4. The zero-order valence-electron chi connectivity index (χ0n) is 17.7. The minimum absolute atomic E-state index is 0.0279. The molecule has 0 unspecified atom stereocenters. The molecule has 2 aromatic rings. The molecule has 1 atom stereocenters. The van der Waals surface area contributed by atoms with Crippen molar-refractivity contribution in [2.75, 3.05) is 17.3 Å². The molecule has 1 amide bonds. The highest BCUT2D eigenvalue weighted by Gasteiger charge is 2.36. The van der Waals surface area contributed by atoms with Crippen molar-refractivity contribution in [3.63, 3.8) is 0 Å². The molecule has 162 valence electrons. The van der Waals surface area contributed by atoms with Crippen LogP contribution in [0.25, 0.3) is 0 Å². The number of nitrogens with zero attached hydrogens (tertiary/aromatic N) is 5. The molecule has 9 heteroatoms. The molecule has 2 aromatic heterocycles. The van der Waals surface area contributed by atoms with E-state index in [1.165, 1.54) is 0 Å². The third-order valence-corrected chi connectivity index (χ3v) is 6.21. The second-order valence-corrected chi connectivity index (χ2v) is 8.36. The van der Waals surface area contributed by atoms with Gasteiger partial charge in [0, 0.05) is 32.5 Å². The summed E-state index contributed by atoms with van der Waals surface area (Å²) in [6.07, 6.45) is 6.59. The molecule has 1 fully saturated rings. The minimum atomic E-state index is -2.53. The van der Waals surface area contributed by atoms with Gasteiger partial charge in [-0.05, 0) is 38.2 Å². The van der Waals surface area contributed by atoms with Gasteiger partial charge in [0.2, 0.25) is 11.8 Å². The summed E-state index contributed by atoms with van der Waals surface area (Å²) in [5.74, 6) is -1.09. The Kier molecular flexibility index (Phi) is 5.46. The van der Waals surface area contributed by atoms with Crippen molar-refractivity contribution in [3.8, 4) is 0 Å². The molecule has 1 saturated carbocycles. The van der Waals surface area contributed by atoms with Gasteiger partial charge < -0.3 is 10.2 Å². The highest BCUT2D eigenvalue weighted by Crippen LogP contribution is 2.38. The van der Waals surface area contributed by atoms with Gasteiger partial charge in [0.15, 0.2) is 5.82 Å². The first-order chi connectivity index (χ1) is 14.3. The summed E-state index contributed by atoms with van der Waals surface area (Å²) in [5, 5.41) is 7.34. The Hall–Kier alpha value is -2.58. The van der Waals surface area contributed by atoms with Crippen LogP contribution < -0.4 is 10.2 Å². The third kappa shape index (κ3) is 4.02. The molecule has 3 heterocycles. The SMILES string of the molecule is CC[C@H]1C(=O)Nc2c(C)nc(CCc3cnn(C4CCC(F)(F)CC4)c3)nc2N1C. The second kappa shape index (κ2) is 7.92. The maximum absolute atomic E-state index is 13.4. The van der Waals surface area contributed by atoms with Crippen molar-refractivity contribution >= 4 is 17.4 Å². The number of aromatic nitrogens is 4. The Bertz CT molecular complexity index is 934. The zero-order valence-corrected chi connectivity index (χ0v) is 17.7. The van der Waals surface area contributed by atoms with Crippen LogP contribution in [0, 0.1) is 6.92 Å². The van der Waals surface area contributed by atoms with E-state index < -0.39 is 5.92 Å². The van der Waals surface area contributed by atoms with Crippen LogP contribution in [0.15, 0.2) is 12.4 Å². The molecular weight excluding hydrogens is 390 g/mol. The van der Waals surface area contributed by atoms with Gasteiger partial charge in [-0.25, -0.2) is 18.7 Å². The van der Waals surface area contributed by atoms with E-state index in [1.54, 1.807) is 6.20 Å². The topological polar surface area (TPSA) is 75.9 Å². The van der Waals surface area contributed by atoms with Crippen LogP contribution in [0.1, 0.15) is 62.2 Å². The minimum Gasteiger partial charge on any atom is -0.346 e. The molecule has 1 N–H and O–H groups in total. The molecule has 0 spiro atoms. The Balaban J connectivity index is 1.44. The van der Waals surface area contributed by atoms with Crippen molar-refractivity contribution in [2.24, 2.45) is 0 Å². The van der Waals surface area contributed by atoms with Gasteiger partial charge in [-0.3, -0.25) is 9.48 Å². The molecule has 1 aliphatic carbocycles. The van der Waals surface area contributed by atoms with Crippen molar-refractivity contribution in [2.45, 2.75) is 76.8 Å². The van der Waals surface area contributed by atoms with Crippen molar-refractivity contribution in [1.82, 2.24) is 19.7 Å². The van der Waals surface area contributed by atoms with E-state index in [9.17, 15) is 13.6 Å². The number of nitrogens with one attached hydrogen (secondary N) is 1. The summed E-state index contributed by atoms with van der Waals surface area (Å²) in [5.41, 5.74) is 2.47. The number of alkyl halides is 2. The number of rotatable bonds is 5. The van der Waals surface area contributed by atoms with Gasteiger partial charge in [0.1, 0.15) is 17.6 Å². The fraction of sp³-hybridized carbons (Fsp3) is 0.619. The Morgan fingerprint density at radius 3 is 2.67 bits per heavy atom. The summed E-state index contributed by atoms with van der Waals surface area (Å²) in [6.45, 7) is 3.85. The maximum Gasteiger partial charge on any atom is 0.248 e. The van der Waals surface area contributed by atoms with E-state index in [4.69, 9.17) is 4.98 Å². The Morgan fingerprint density at radius 1 is 1.23 bits per heavy atom. The van der Waals surface area contributed by atoms with Crippen molar-refractivity contribution in [1.29, 1.82) is 0 Å². The maximum atomic E-state index is 13.4. The first-order valence-corrected chi connectivity index (χ1v) is 10.6. The molecule has 0 saturated heterocycles. The summed E-state index contributed by atoms with van der Waals surface area (Å²) in [7, 11) is 1.89. The zero-order chi connectivity index (χ0) is 21.5. The van der Waals surface area contributed by atoms with Crippen LogP contribution in [-0.2, 0) is 17.6 Å². The van der Waals surface area contributed by atoms with Gasteiger partial charge >= 0.3 is 0 Å². The van der Waals surface area contributed by atoms with Crippen LogP contribution in [0.5, 0.6) is 0 Å². The lowest BCUT2D eigenvalue weighted by molar-refractivity contribution is -0.117. The Labute approximate surface area is 174 Å². The molecule has 0 bridgehead atoms. The quantitative estimate of drug-likeness (QED) is 0.802. The molecule has 0 radical (unpaired) electrons. The van der Waals surface area contributed by atoms with Crippen LogP contribution in [-0.4, -0.2) is 44.7 Å². The standard InChI is InChI=1S/C21H28F2N6O/c1-4-16-20(30)27-18-13(2)25-17(26-19(18)28(16)3)6-5-14-11-24-29(12-14)15-7-9-21(22,23)10-8-15/h11-12,15-16H,4-10H2,1-3H3,(H,27,30)/t16-/m0/s1. The smallest absolute Gasteiger partial charge is 0.248 e. The van der Waals surface area contributed by atoms with Gasteiger partial charge in [-0.2, -0.15) is 5.10 Å². The number of likely N-dealkylation sites (N-methyl/N-ethyl adjacent to an activating group) is 1. The number of halogens is 2. The fourth-order valence-corrected chi connectivity index (χ4v) is 4.37. The number of fused-ring (bicyclic) bond motifs is 1. The first-order valence-electron chi connectivity index (χ1n) is 10.6. The molecule has 2 aliphatic rings. The number of aryl methyl sites for hydroxylation is 3. The molecule has 7 nitrogen and oxygen atoms in total. The summed E-state index contributed by atoms with van der Waals surface area (Å²) in [6, 6.07) is -0.190. The molecule has 4 rings (SSSR count). The number of anilines is 2. The lowest BCUT2D eigenvalue weighted by atomic mass is 9.92.